The first kappa shape index (κ1) is 25.5. The molecule has 0 aromatic carbocycles. The van der Waals surface area contributed by atoms with Gasteiger partial charge in [-0.1, -0.05) is 6.07 Å². The fourth-order valence-electron chi connectivity index (χ4n) is 2.06. The summed E-state index contributed by atoms with van der Waals surface area (Å²) >= 11 is 0. The molecule has 1 radical (unpaired) electrons. The van der Waals surface area contributed by atoms with Crippen LogP contribution in [-0.2, 0) is 18.6 Å². The van der Waals surface area contributed by atoms with Crippen molar-refractivity contribution in [3.8, 4) is 0 Å². The maximum Gasteiger partial charge on any atom is 0.174 e. The van der Waals surface area contributed by atoms with E-state index in [9.17, 15) is 0 Å². The molecule has 2 aliphatic rings. The molecule has 1 aromatic heterocycles. The molecule has 1 aromatic rings. The summed E-state index contributed by atoms with van der Waals surface area (Å²) in [5.74, 6) is 1.40. The van der Waals surface area contributed by atoms with Crippen molar-refractivity contribution in [1.82, 2.24) is 4.98 Å². The molecule has 3 heterocycles. The number of nitrogens with zero attached hydrogens (tertiary/aromatic N) is 5. The van der Waals surface area contributed by atoms with Crippen LogP contribution in [0.4, 0.5) is 0 Å². The zero-order valence-corrected chi connectivity index (χ0v) is 17.4. The number of hydrogen-bond acceptors (Lipinski definition) is 5. The van der Waals surface area contributed by atoms with Crippen molar-refractivity contribution in [3.63, 3.8) is 0 Å². The molecule has 0 saturated heterocycles. The van der Waals surface area contributed by atoms with Crippen molar-refractivity contribution in [2.45, 2.75) is 39.8 Å². The predicted molar refractivity (Wildman–Crippen MR) is 82.5 cm³/mol. The van der Waals surface area contributed by atoms with Crippen LogP contribution >= 0.6 is 0 Å². The molecule has 0 fully saturated rings. The average molecular weight is 425 g/mol. The summed E-state index contributed by atoms with van der Waals surface area (Å²) in [6.45, 7) is 8.04. The molecule has 24 heavy (non-hydrogen) atoms. The molecular formula is C15H17Cl3N5V-3. The van der Waals surface area contributed by atoms with E-state index in [-0.39, 0.29) is 67.9 Å². The number of pyridine rings is 1. The Balaban J connectivity index is 0. The van der Waals surface area contributed by atoms with Crippen LogP contribution in [0.3, 0.4) is 0 Å². The topological polar surface area (TPSA) is 62.3 Å². The standard InChI is InChI=1S/C15H17N5.3ClH.V/c1-8-9(2)17-14(16-8)12-6-5-7-13(20-12)15-18-10(3)11(4)19-15;;;;/h5-8,10H,1-4H3;3*1H;/p-3. The first-order valence-electron chi connectivity index (χ1n) is 6.78. The molecule has 2 atom stereocenters. The Hall–Kier alpha value is -0.716. The van der Waals surface area contributed by atoms with Gasteiger partial charge < -0.3 is 37.2 Å². The van der Waals surface area contributed by atoms with E-state index in [0.717, 1.165) is 22.8 Å². The maximum absolute atomic E-state index is 4.60. The second-order valence-corrected chi connectivity index (χ2v) is 5.17. The molecule has 131 valence electrons. The van der Waals surface area contributed by atoms with Gasteiger partial charge in [-0.05, 0) is 39.8 Å². The minimum absolute atomic E-state index is 0. The maximum atomic E-state index is 4.60. The zero-order valence-electron chi connectivity index (χ0n) is 13.7. The van der Waals surface area contributed by atoms with Crippen molar-refractivity contribution in [1.29, 1.82) is 0 Å². The van der Waals surface area contributed by atoms with Gasteiger partial charge in [-0.15, -0.1) is 0 Å². The Kier molecular flexibility index (Phi) is 11.0. The minimum atomic E-state index is 0. The summed E-state index contributed by atoms with van der Waals surface area (Å²) in [4.78, 5) is 22.6. The van der Waals surface area contributed by atoms with Crippen LogP contribution in [0.2, 0.25) is 0 Å². The van der Waals surface area contributed by atoms with Crippen LogP contribution in [0.25, 0.3) is 0 Å². The third-order valence-corrected chi connectivity index (χ3v) is 3.61. The van der Waals surface area contributed by atoms with Crippen LogP contribution in [0, 0.1) is 0 Å². The fourth-order valence-corrected chi connectivity index (χ4v) is 2.06. The van der Waals surface area contributed by atoms with Gasteiger partial charge in [0.25, 0.3) is 0 Å². The second kappa shape index (κ2) is 10.3. The number of aromatic nitrogens is 1. The van der Waals surface area contributed by atoms with Crippen LogP contribution < -0.4 is 37.2 Å². The van der Waals surface area contributed by atoms with Crippen LogP contribution in [0.1, 0.15) is 39.1 Å². The van der Waals surface area contributed by atoms with E-state index in [4.69, 9.17) is 0 Å². The number of hydrogen-bond donors (Lipinski definition) is 0. The summed E-state index contributed by atoms with van der Waals surface area (Å²) < 4.78 is 0. The third kappa shape index (κ3) is 5.14. The fraction of sp³-hybridized carbons (Fsp3) is 0.400. The Morgan fingerprint density at radius 3 is 1.42 bits per heavy atom. The molecular weight excluding hydrogens is 408 g/mol. The van der Waals surface area contributed by atoms with Gasteiger partial charge in [0, 0.05) is 30.0 Å². The molecule has 0 amide bonds. The Morgan fingerprint density at radius 1 is 0.750 bits per heavy atom. The molecule has 2 unspecified atom stereocenters. The largest absolute Gasteiger partial charge is 1.00 e. The molecule has 0 saturated carbocycles. The third-order valence-electron chi connectivity index (χ3n) is 3.61. The first-order chi connectivity index (χ1) is 9.54. The zero-order chi connectivity index (χ0) is 14.3. The predicted octanol–water partition coefficient (Wildman–Crippen LogP) is -6.69. The molecule has 3 rings (SSSR count). The van der Waals surface area contributed by atoms with Gasteiger partial charge >= 0.3 is 0 Å². The molecule has 9 heteroatoms. The van der Waals surface area contributed by atoms with E-state index in [1.807, 2.05) is 45.9 Å². The van der Waals surface area contributed by atoms with Crippen molar-refractivity contribution < 1.29 is 55.8 Å². The van der Waals surface area contributed by atoms with E-state index in [0.29, 0.717) is 11.7 Å². The Labute approximate surface area is 172 Å². The second-order valence-electron chi connectivity index (χ2n) is 5.17. The van der Waals surface area contributed by atoms with E-state index < -0.39 is 0 Å². The first-order valence-corrected chi connectivity index (χ1v) is 6.78. The normalized spacial score (nSPS) is 21.0. The summed E-state index contributed by atoms with van der Waals surface area (Å²) in [5.41, 5.74) is 3.60. The number of rotatable bonds is 2. The summed E-state index contributed by atoms with van der Waals surface area (Å²) in [6, 6.07) is 6.07. The van der Waals surface area contributed by atoms with E-state index >= 15 is 0 Å². The summed E-state index contributed by atoms with van der Waals surface area (Å²) in [5, 5.41) is 0. The van der Waals surface area contributed by atoms with Crippen molar-refractivity contribution >= 4 is 23.1 Å². The van der Waals surface area contributed by atoms with Crippen molar-refractivity contribution in [2.24, 2.45) is 20.0 Å². The minimum Gasteiger partial charge on any atom is -1.00 e. The quantitative estimate of drug-likeness (QED) is 0.466. The van der Waals surface area contributed by atoms with Gasteiger partial charge in [-0.2, -0.15) is 0 Å². The van der Waals surface area contributed by atoms with Crippen LogP contribution in [0.5, 0.6) is 0 Å². The average Bonchev–Trinajstić information content (AvgIpc) is 2.94. The van der Waals surface area contributed by atoms with Crippen molar-refractivity contribution in [2.75, 3.05) is 0 Å². The molecule has 0 N–H and O–H groups in total. The van der Waals surface area contributed by atoms with Gasteiger partial charge in [0.15, 0.2) is 11.7 Å². The van der Waals surface area contributed by atoms with Gasteiger partial charge in [0.05, 0.1) is 12.1 Å². The molecule has 0 bridgehead atoms. The summed E-state index contributed by atoms with van der Waals surface area (Å²) in [6.07, 6.45) is 0. The summed E-state index contributed by atoms with van der Waals surface area (Å²) in [7, 11) is 0. The number of amidine groups is 2. The van der Waals surface area contributed by atoms with Crippen LogP contribution in [-0.4, -0.2) is 40.2 Å². The molecule has 5 nitrogen and oxygen atoms in total. The Bertz CT molecular complexity index is 645. The van der Waals surface area contributed by atoms with Crippen molar-refractivity contribution in [3.05, 3.63) is 29.6 Å². The van der Waals surface area contributed by atoms with Gasteiger partial charge in [0.1, 0.15) is 11.4 Å². The molecule has 2 aliphatic heterocycles. The van der Waals surface area contributed by atoms with Gasteiger partial charge in [-0.25, -0.2) is 15.0 Å². The van der Waals surface area contributed by atoms with E-state index in [1.165, 1.54) is 0 Å². The Morgan fingerprint density at radius 2 is 1.12 bits per heavy atom. The SMILES string of the molecule is CC1=NC(c2cccc(C3=NC(C)C(C)=N3)n2)=NC1C.[Cl-].[Cl-].[Cl-].[V]. The van der Waals surface area contributed by atoms with E-state index in [2.05, 4.69) is 25.0 Å². The number of aliphatic imine (C=N–C) groups is 4. The number of halogens is 3. The molecule has 0 spiro atoms. The molecule has 0 aliphatic carbocycles. The van der Waals surface area contributed by atoms with E-state index in [1.54, 1.807) is 0 Å². The monoisotopic (exact) mass is 423 g/mol. The van der Waals surface area contributed by atoms with Gasteiger partial charge in [0.2, 0.25) is 0 Å². The smallest absolute Gasteiger partial charge is 0.174 e. The van der Waals surface area contributed by atoms with Gasteiger partial charge in [-0.3, -0.25) is 9.98 Å². The van der Waals surface area contributed by atoms with Crippen LogP contribution in [0.15, 0.2) is 38.2 Å².